The second kappa shape index (κ2) is 11.3. The Labute approximate surface area is 224 Å². The van der Waals surface area contributed by atoms with Gasteiger partial charge in [-0.1, -0.05) is 18.2 Å². The average molecular weight is 534 g/mol. The molecule has 0 saturated heterocycles. The number of allylic oxidation sites excluding steroid dienone is 1. The summed E-state index contributed by atoms with van der Waals surface area (Å²) >= 11 is 1.04. The summed E-state index contributed by atoms with van der Waals surface area (Å²) in [5, 5.41) is 10.4. The van der Waals surface area contributed by atoms with Gasteiger partial charge in [-0.15, -0.1) is 0 Å². The van der Waals surface area contributed by atoms with E-state index in [2.05, 4.69) is 8.75 Å². The summed E-state index contributed by atoms with van der Waals surface area (Å²) in [6.07, 6.45) is 0.0815. The molecule has 0 aliphatic rings. The molecule has 38 heavy (non-hydrogen) atoms. The largest absolute Gasteiger partial charge is 0.493 e. The van der Waals surface area contributed by atoms with Crippen LogP contribution in [-0.2, 0) is 11.2 Å². The molecule has 0 amide bonds. The summed E-state index contributed by atoms with van der Waals surface area (Å²) in [5.41, 5.74) is 3.52. The van der Waals surface area contributed by atoms with Crippen LogP contribution in [0.1, 0.15) is 21.5 Å². The van der Waals surface area contributed by atoms with Crippen LogP contribution in [0.3, 0.4) is 0 Å². The van der Waals surface area contributed by atoms with Gasteiger partial charge in [0.2, 0.25) is 5.75 Å². The highest BCUT2D eigenvalue weighted by Gasteiger charge is 2.26. The van der Waals surface area contributed by atoms with E-state index in [0.29, 0.717) is 22.3 Å². The number of carboxylic acid groups (broad SMARTS) is 1. The normalized spacial score (nSPS) is 11.6. The van der Waals surface area contributed by atoms with Gasteiger partial charge in [0.15, 0.2) is 17.3 Å². The molecule has 4 aromatic rings. The fourth-order valence-electron chi connectivity index (χ4n) is 4.15. The zero-order chi connectivity index (χ0) is 27.4. The molecule has 4 rings (SSSR count). The molecule has 0 fully saturated rings. The molecule has 196 valence electrons. The Balaban J connectivity index is 1.93. The lowest BCUT2D eigenvalue weighted by atomic mass is 9.89. The Morgan fingerprint density at radius 1 is 0.842 bits per heavy atom. The highest BCUT2D eigenvalue weighted by Crippen LogP contribution is 2.39. The lowest BCUT2D eigenvalue weighted by molar-refractivity contribution is -0.130. The van der Waals surface area contributed by atoms with E-state index in [0.717, 1.165) is 23.0 Å². The number of methoxy groups -OCH3 is 3. The molecule has 0 bridgehead atoms. The van der Waals surface area contributed by atoms with Gasteiger partial charge in [0.1, 0.15) is 11.0 Å². The summed E-state index contributed by atoms with van der Waals surface area (Å²) in [4.78, 5) is 28.8. The Bertz CT molecular complexity index is 1500. The Morgan fingerprint density at radius 2 is 1.47 bits per heavy atom. The van der Waals surface area contributed by atoms with E-state index in [4.69, 9.17) is 14.2 Å². The molecule has 1 heterocycles. The summed E-state index contributed by atoms with van der Waals surface area (Å²) in [5.74, 6) is -0.798. The number of carbonyl (C=O) groups is 2. The van der Waals surface area contributed by atoms with Crippen molar-refractivity contribution in [3.63, 3.8) is 0 Å². The molecule has 0 saturated carbocycles. The van der Waals surface area contributed by atoms with Crippen LogP contribution in [0.25, 0.3) is 16.6 Å². The van der Waals surface area contributed by atoms with Gasteiger partial charge in [0.05, 0.1) is 38.6 Å². The number of aromatic nitrogens is 2. The SMILES string of the molecule is COc1cc(C(=O)C(Cc2ccc(N(C)C)cc2)=C(C(=O)O)c2ccc3nsnc3c2)cc(OC)c1OC. The summed E-state index contributed by atoms with van der Waals surface area (Å²) in [6.45, 7) is 0. The first-order valence-electron chi connectivity index (χ1n) is 11.6. The van der Waals surface area contributed by atoms with Crippen molar-refractivity contribution in [2.45, 2.75) is 6.42 Å². The number of carbonyl (C=O) groups excluding carboxylic acids is 1. The summed E-state index contributed by atoms with van der Waals surface area (Å²) < 4.78 is 24.7. The van der Waals surface area contributed by atoms with Crippen LogP contribution in [0.15, 0.2) is 60.2 Å². The van der Waals surface area contributed by atoms with Crippen molar-refractivity contribution < 1.29 is 28.9 Å². The molecule has 1 N–H and O–H groups in total. The molecular formula is C28H27N3O6S. The number of Topliss-reactive ketones (excluding diaryl/α,β-unsaturated/α-hetero) is 1. The zero-order valence-corrected chi connectivity index (χ0v) is 22.5. The quantitative estimate of drug-likeness (QED) is 0.228. The van der Waals surface area contributed by atoms with Crippen molar-refractivity contribution in [3.05, 3.63) is 76.9 Å². The molecule has 0 aliphatic heterocycles. The summed E-state index contributed by atoms with van der Waals surface area (Å²) in [7, 11) is 8.24. The molecule has 10 heteroatoms. The minimum absolute atomic E-state index is 0.0815. The maximum atomic E-state index is 14.1. The minimum atomic E-state index is -1.23. The van der Waals surface area contributed by atoms with Gasteiger partial charge in [-0.3, -0.25) is 4.79 Å². The van der Waals surface area contributed by atoms with Crippen LogP contribution in [0.5, 0.6) is 17.2 Å². The highest BCUT2D eigenvalue weighted by atomic mass is 32.1. The van der Waals surface area contributed by atoms with E-state index in [1.54, 1.807) is 18.2 Å². The second-order valence-electron chi connectivity index (χ2n) is 8.61. The smallest absolute Gasteiger partial charge is 0.336 e. The fraction of sp³-hybridized carbons (Fsp3) is 0.214. The van der Waals surface area contributed by atoms with Gasteiger partial charge in [0, 0.05) is 37.3 Å². The first-order valence-corrected chi connectivity index (χ1v) is 12.3. The maximum Gasteiger partial charge on any atom is 0.336 e. The van der Waals surface area contributed by atoms with Crippen molar-refractivity contribution in [2.24, 2.45) is 0 Å². The third kappa shape index (κ3) is 5.30. The molecule has 0 radical (unpaired) electrons. The Kier molecular flexibility index (Phi) is 7.92. The number of hydrogen-bond donors (Lipinski definition) is 1. The van der Waals surface area contributed by atoms with Crippen LogP contribution in [0, 0.1) is 0 Å². The number of nitrogens with zero attached hydrogens (tertiary/aromatic N) is 3. The van der Waals surface area contributed by atoms with Gasteiger partial charge in [-0.05, 0) is 47.5 Å². The van der Waals surface area contributed by atoms with E-state index >= 15 is 0 Å². The van der Waals surface area contributed by atoms with Crippen molar-refractivity contribution in [1.29, 1.82) is 0 Å². The van der Waals surface area contributed by atoms with Crippen LogP contribution in [0.4, 0.5) is 5.69 Å². The minimum Gasteiger partial charge on any atom is -0.493 e. The van der Waals surface area contributed by atoms with E-state index < -0.39 is 11.8 Å². The topological polar surface area (TPSA) is 111 Å². The first-order chi connectivity index (χ1) is 18.3. The van der Waals surface area contributed by atoms with Gasteiger partial charge in [-0.2, -0.15) is 8.75 Å². The Morgan fingerprint density at radius 3 is 2.03 bits per heavy atom. The molecule has 1 aromatic heterocycles. The maximum absolute atomic E-state index is 14.1. The van der Waals surface area contributed by atoms with Gasteiger partial charge >= 0.3 is 5.97 Å². The number of rotatable bonds is 10. The van der Waals surface area contributed by atoms with Crippen molar-refractivity contribution in [1.82, 2.24) is 8.75 Å². The second-order valence-corrected chi connectivity index (χ2v) is 9.14. The van der Waals surface area contributed by atoms with E-state index in [9.17, 15) is 14.7 Å². The lowest BCUT2D eigenvalue weighted by Crippen LogP contribution is -2.15. The molecule has 0 aliphatic carbocycles. The number of anilines is 1. The molecule has 3 aromatic carbocycles. The number of ether oxygens (including phenoxy) is 3. The fourth-order valence-corrected chi connectivity index (χ4v) is 4.67. The molecule has 0 spiro atoms. The van der Waals surface area contributed by atoms with Crippen LogP contribution in [0.2, 0.25) is 0 Å². The lowest BCUT2D eigenvalue weighted by Gasteiger charge is -2.17. The van der Waals surface area contributed by atoms with Gasteiger partial charge in [-0.25, -0.2) is 4.79 Å². The monoisotopic (exact) mass is 533 g/mol. The highest BCUT2D eigenvalue weighted by molar-refractivity contribution is 7.00. The van der Waals surface area contributed by atoms with Crippen LogP contribution >= 0.6 is 11.7 Å². The Hall–Kier alpha value is -4.44. The van der Waals surface area contributed by atoms with Crippen LogP contribution in [-0.4, -0.2) is 61.0 Å². The summed E-state index contributed by atoms with van der Waals surface area (Å²) in [6, 6.07) is 15.6. The predicted octanol–water partition coefficient (Wildman–Crippen LogP) is 4.75. The third-order valence-corrected chi connectivity index (χ3v) is 6.65. The molecule has 9 nitrogen and oxygen atoms in total. The van der Waals surface area contributed by atoms with E-state index in [1.807, 2.05) is 43.3 Å². The van der Waals surface area contributed by atoms with Gasteiger partial charge in [0.25, 0.3) is 0 Å². The predicted molar refractivity (Wildman–Crippen MR) is 147 cm³/mol. The zero-order valence-electron chi connectivity index (χ0n) is 21.6. The third-order valence-electron chi connectivity index (χ3n) is 6.09. The van der Waals surface area contributed by atoms with Crippen LogP contribution < -0.4 is 19.1 Å². The van der Waals surface area contributed by atoms with Crippen molar-refractivity contribution in [3.8, 4) is 17.2 Å². The first kappa shape index (κ1) is 26.6. The number of benzene rings is 3. The molecule has 0 atom stereocenters. The van der Waals surface area contributed by atoms with Crippen molar-refractivity contribution >= 4 is 45.8 Å². The van der Waals surface area contributed by atoms with E-state index in [-0.39, 0.29) is 34.6 Å². The number of ketones is 1. The standard InChI is InChI=1S/C28H27N3O6S/c1-31(2)19-9-6-16(7-10-19)12-20(25(28(33)34)17-8-11-21-22(13-17)30-38-29-21)26(32)18-14-23(35-3)27(37-5)24(15-18)36-4/h6-11,13-15H,12H2,1-5H3,(H,33,34). The van der Waals surface area contributed by atoms with Gasteiger partial charge < -0.3 is 24.2 Å². The molecule has 0 unspecified atom stereocenters. The number of fused-ring (bicyclic) bond motifs is 1. The van der Waals surface area contributed by atoms with E-state index in [1.165, 1.54) is 33.5 Å². The number of aliphatic carboxylic acids is 1. The van der Waals surface area contributed by atoms with Crippen molar-refractivity contribution in [2.75, 3.05) is 40.3 Å². The molecular weight excluding hydrogens is 506 g/mol. The number of carboxylic acids is 1. The average Bonchev–Trinajstić information content (AvgIpc) is 3.39. The number of hydrogen-bond acceptors (Lipinski definition) is 9.